The predicted octanol–water partition coefficient (Wildman–Crippen LogP) is 6.00. The lowest BCUT2D eigenvalue weighted by atomic mass is 9.48. The Morgan fingerprint density at radius 2 is 2.02 bits per heavy atom. The second-order valence-electron chi connectivity index (χ2n) is 12.5. The van der Waals surface area contributed by atoms with Gasteiger partial charge in [-0.1, -0.05) is 61.3 Å². The first-order chi connectivity index (χ1) is 19.6. The molecule has 2 aromatic rings. The summed E-state index contributed by atoms with van der Waals surface area (Å²) < 4.78 is 13.5. The van der Waals surface area contributed by atoms with E-state index in [-0.39, 0.29) is 42.4 Å². The Bertz CT molecular complexity index is 1400. The maximum Gasteiger partial charge on any atom is 0.303 e. The van der Waals surface area contributed by atoms with Crippen LogP contribution in [0.3, 0.4) is 0 Å². The topological polar surface area (TPSA) is 59.1 Å². The average Bonchev–Trinajstić information content (AvgIpc) is 3.25. The molecule has 4 aliphatic rings. The zero-order chi connectivity index (χ0) is 29.1. The van der Waals surface area contributed by atoms with E-state index < -0.39 is 11.0 Å². The minimum Gasteiger partial charge on any atom is -0.487 e. The molecule has 2 fully saturated rings. The molecule has 0 aromatic heterocycles. The lowest BCUT2D eigenvalue weighted by Crippen LogP contribution is -2.79. The largest absolute Gasteiger partial charge is 0.487 e. The maximum atomic E-state index is 14.1. The smallest absolute Gasteiger partial charge is 0.303 e. The van der Waals surface area contributed by atoms with Gasteiger partial charge in [-0.15, -0.1) is 6.58 Å². The van der Waals surface area contributed by atoms with Crippen molar-refractivity contribution in [3.05, 3.63) is 75.8 Å². The molecule has 5 atom stereocenters. The molecule has 2 aliphatic heterocycles. The fraction of sp³-hybridized carbons (Fsp3) is 0.515. The van der Waals surface area contributed by atoms with E-state index >= 15 is 0 Å². The normalized spacial score (nSPS) is 29.5. The molecule has 2 unspecified atom stereocenters. The highest BCUT2D eigenvalue weighted by Crippen LogP contribution is 2.65. The van der Waals surface area contributed by atoms with E-state index in [0.717, 1.165) is 37.2 Å². The van der Waals surface area contributed by atoms with Crippen molar-refractivity contribution in [3.63, 3.8) is 0 Å². The summed E-state index contributed by atoms with van der Waals surface area (Å²) in [6, 6.07) is 11.5. The number of benzene rings is 2. The Hall–Kier alpha value is -2.54. The van der Waals surface area contributed by atoms with E-state index in [4.69, 9.17) is 32.7 Å². The van der Waals surface area contributed by atoms with Crippen molar-refractivity contribution in [1.29, 1.82) is 0 Å². The number of carbonyl (C=O) groups excluding carboxylic acids is 2. The number of halogens is 2. The van der Waals surface area contributed by atoms with Crippen molar-refractivity contribution in [2.45, 2.75) is 82.1 Å². The fourth-order valence-corrected chi connectivity index (χ4v) is 8.77. The average molecular weight is 598 g/mol. The second kappa shape index (κ2) is 10.6. The number of rotatable bonds is 8. The molecule has 6 rings (SSSR count). The van der Waals surface area contributed by atoms with E-state index in [0.29, 0.717) is 29.4 Å². The van der Waals surface area contributed by atoms with Crippen LogP contribution >= 0.6 is 23.2 Å². The molecule has 1 saturated carbocycles. The van der Waals surface area contributed by atoms with Crippen molar-refractivity contribution in [2.24, 2.45) is 5.92 Å². The first kappa shape index (κ1) is 28.6. The SMILES string of the molecule is C=CCN1CC[C@]23c4c5cccc4OC2C(N(CC(C)C)C(=O)Cc2ccc(Cl)c(Cl)c2)CC[C@@]3(OC(C)=O)[C@H]1C5. The fourth-order valence-electron chi connectivity index (χ4n) is 8.45. The van der Waals surface area contributed by atoms with Crippen LogP contribution in [0.4, 0.5) is 0 Å². The molecular weight excluding hydrogens is 559 g/mol. The number of likely N-dealkylation sites (tertiary alicyclic amines) is 1. The van der Waals surface area contributed by atoms with Crippen LogP contribution < -0.4 is 4.74 Å². The molecule has 0 N–H and O–H groups in total. The van der Waals surface area contributed by atoms with Crippen molar-refractivity contribution in [1.82, 2.24) is 9.80 Å². The summed E-state index contributed by atoms with van der Waals surface area (Å²) in [6.45, 7) is 12.0. The number of piperidine rings is 1. The monoisotopic (exact) mass is 596 g/mol. The third-order valence-electron chi connectivity index (χ3n) is 9.71. The molecule has 1 amide bonds. The Kier molecular flexibility index (Phi) is 7.40. The molecule has 2 aliphatic carbocycles. The lowest BCUT2D eigenvalue weighted by Gasteiger charge is -2.65. The molecule has 1 saturated heterocycles. The van der Waals surface area contributed by atoms with Crippen LogP contribution in [-0.2, 0) is 32.6 Å². The van der Waals surface area contributed by atoms with E-state index in [1.54, 1.807) is 12.1 Å². The van der Waals surface area contributed by atoms with Gasteiger partial charge in [0, 0.05) is 32.1 Å². The molecule has 2 bridgehead atoms. The van der Waals surface area contributed by atoms with E-state index in [1.807, 2.05) is 23.1 Å². The highest BCUT2D eigenvalue weighted by molar-refractivity contribution is 6.42. The van der Waals surface area contributed by atoms with Gasteiger partial charge in [-0.2, -0.15) is 0 Å². The number of amides is 1. The molecule has 8 heteroatoms. The summed E-state index contributed by atoms with van der Waals surface area (Å²) in [7, 11) is 0. The third-order valence-corrected chi connectivity index (χ3v) is 10.5. The van der Waals surface area contributed by atoms with Gasteiger partial charge in [0.15, 0.2) is 0 Å². The van der Waals surface area contributed by atoms with Crippen molar-refractivity contribution < 1.29 is 19.1 Å². The Balaban J connectivity index is 1.45. The van der Waals surface area contributed by atoms with Crippen LogP contribution in [0.1, 0.15) is 56.7 Å². The van der Waals surface area contributed by atoms with Gasteiger partial charge in [0.1, 0.15) is 17.5 Å². The lowest BCUT2D eigenvalue weighted by molar-refractivity contribution is -0.223. The number of esters is 1. The third kappa shape index (κ3) is 4.40. The minimum absolute atomic E-state index is 0.0107. The van der Waals surface area contributed by atoms with E-state index in [9.17, 15) is 9.59 Å². The van der Waals surface area contributed by atoms with Gasteiger partial charge >= 0.3 is 5.97 Å². The summed E-state index contributed by atoms with van der Waals surface area (Å²) in [6.07, 6.45) is 4.76. The second-order valence-corrected chi connectivity index (χ2v) is 13.3. The molecule has 0 radical (unpaired) electrons. The first-order valence-electron chi connectivity index (χ1n) is 14.7. The number of carbonyl (C=O) groups is 2. The van der Waals surface area contributed by atoms with Crippen LogP contribution in [-0.4, -0.2) is 65.1 Å². The summed E-state index contributed by atoms with van der Waals surface area (Å²) in [5.74, 6) is 0.899. The molecule has 41 heavy (non-hydrogen) atoms. The van der Waals surface area contributed by atoms with Crippen LogP contribution in [0.5, 0.6) is 5.75 Å². The van der Waals surface area contributed by atoms with Gasteiger partial charge in [-0.3, -0.25) is 14.5 Å². The summed E-state index contributed by atoms with van der Waals surface area (Å²) >= 11 is 12.4. The molecule has 218 valence electrons. The summed E-state index contributed by atoms with van der Waals surface area (Å²) in [5.41, 5.74) is 2.00. The van der Waals surface area contributed by atoms with Crippen molar-refractivity contribution in [3.8, 4) is 5.75 Å². The van der Waals surface area contributed by atoms with Crippen LogP contribution in [0.15, 0.2) is 49.1 Å². The van der Waals surface area contributed by atoms with Crippen LogP contribution in [0, 0.1) is 5.92 Å². The number of hydrogen-bond acceptors (Lipinski definition) is 5. The Morgan fingerprint density at radius 1 is 1.22 bits per heavy atom. The molecule has 2 heterocycles. The van der Waals surface area contributed by atoms with Crippen molar-refractivity contribution in [2.75, 3.05) is 19.6 Å². The maximum absolute atomic E-state index is 14.1. The van der Waals surface area contributed by atoms with Gasteiger partial charge in [0.2, 0.25) is 5.91 Å². The summed E-state index contributed by atoms with van der Waals surface area (Å²) in [5, 5.41) is 0.911. The molecule has 6 nitrogen and oxygen atoms in total. The summed E-state index contributed by atoms with van der Waals surface area (Å²) in [4.78, 5) is 31.4. The number of nitrogens with zero attached hydrogens (tertiary/aromatic N) is 2. The van der Waals surface area contributed by atoms with Crippen LogP contribution in [0.25, 0.3) is 0 Å². The van der Waals surface area contributed by atoms with Crippen molar-refractivity contribution >= 4 is 35.1 Å². The first-order valence-corrected chi connectivity index (χ1v) is 15.4. The van der Waals surface area contributed by atoms with Gasteiger partial charge in [-0.05, 0) is 60.9 Å². The van der Waals surface area contributed by atoms with Gasteiger partial charge < -0.3 is 14.4 Å². The van der Waals surface area contributed by atoms with E-state index in [2.05, 4.69) is 37.5 Å². The molecule has 1 spiro atoms. The Labute approximate surface area is 252 Å². The number of ether oxygens (including phenoxy) is 2. The zero-order valence-corrected chi connectivity index (χ0v) is 25.5. The van der Waals surface area contributed by atoms with Gasteiger partial charge in [0.25, 0.3) is 0 Å². The van der Waals surface area contributed by atoms with E-state index in [1.165, 1.54) is 18.1 Å². The predicted molar refractivity (Wildman–Crippen MR) is 161 cm³/mol. The number of hydrogen-bond donors (Lipinski definition) is 0. The minimum atomic E-state index is -0.739. The molecule has 2 aromatic carbocycles. The highest BCUT2D eigenvalue weighted by atomic mass is 35.5. The highest BCUT2D eigenvalue weighted by Gasteiger charge is 2.75. The Morgan fingerprint density at radius 3 is 2.73 bits per heavy atom. The quantitative estimate of drug-likeness (QED) is 0.276. The van der Waals surface area contributed by atoms with Gasteiger partial charge in [0.05, 0.1) is 34.0 Å². The van der Waals surface area contributed by atoms with Crippen LogP contribution in [0.2, 0.25) is 10.0 Å². The standard InChI is InChI=1S/C33H38Cl2N2O4/c1-5-14-36-15-13-32-30-23-7-6-8-27(30)40-31(32)26(11-12-33(32,28(36)18-23)41-21(4)38)37(19-20(2)3)29(39)17-22-9-10-24(34)25(35)16-22/h5-10,16,20,26,28,31H,1,11-15,17-19H2,2-4H3/t26?,28-,31?,32+,33-/m1/s1. The van der Waals surface area contributed by atoms with Gasteiger partial charge in [-0.25, -0.2) is 0 Å². The molecular formula is C33H38Cl2N2O4. The zero-order valence-electron chi connectivity index (χ0n) is 24.0.